The number of nitrogens with zero attached hydrogens (tertiary/aromatic N) is 4. The second kappa shape index (κ2) is 7.49. The first-order valence-corrected chi connectivity index (χ1v) is 9.11. The van der Waals surface area contributed by atoms with E-state index in [9.17, 15) is 4.79 Å². The van der Waals surface area contributed by atoms with Gasteiger partial charge in [0.05, 0.1) is 11.6 Å². The van der Waals surface area contributed by atoms with Crippen molar-refractivity contribution >= 4 is 17.4 Å². The zero-order valence-electron chi connectivity index (χ0n) is 15.5. The van der Waals surface area contributed by atoms with E-state index in [2.05, 4.69) is 44.5 Å². The summed E-state index contributed by atoms with van der Waals surface area (Å²) in [6.45, 7) is 3.41. The van der Waals surface area contributed by atoms with Gasteiger partial charge in [-0.05, 0) is 48.7 Å². The van der Waals surface area contributed by atoms with Crippen LogP contribution in [0.2, 0.25) is 0 Å². The highest BCUT2D eigenvalue weighted by Gasteiger charge is 2.19. The Kier molecular flexibility index (Phi) is 4.73. The van der Waals surface area contributed by atoms with Gasteiger partial charge in [-0.15, -0.1) is 0 Å². The summed E-state index contributed by atoms with van der Waals surface area (Å²) in [4.78, 5) is 23.7. The first-order valence-electron chi connectivity index (χ1n) is 9.11. The summed E-state index contributed by atoms with van der Waals surface area (Å²) in [6.07, 6.45) is 0.950. The molecule has 0 spiro atoms. The summed E-state index contributed by atoms with van der Waals surface area (Å²) in [5.41, 5.74) is 4.14. The lowest BCUT2D eigenvalue weighted by molar-refractivity contribution is 0.102. The number of aromatic nitrogens is 2. The molecular formula is C22H19N5O. The highest BCUT2D eigenvalue weighted by molar-refractivity contribution is 6.03. The Morgan fingerprint density at radius 2 is 1.86 bits per heavy atom. The van der Waals surface area contributed by atoms with Crippen molar-refractivity contribution in [3.05, 3.63) is 82.8 Å². The maximum absolute atomic E-state index is 12.7. The van der Waals surface area contributed by atoms with Gasteiger partial charge in [-0.25, -0.2) is 9.97 Å². The molecule has 1 N–H and O–H groups in total. The number of nitrogens with one attached hydrogen (secondary N) is 1. The van der Waals surface area contributed by atoms with Crippen molar-refractivity contribution < 1.29 is 4.79 Å². The molecular weight excluding hydrogens is 350 g/mol. The van der Waals surface area contributed by atoms with Crippen LogP contribution in [-0.4, -0.2) is 22.4 Å². The second-order valence-electron chi connectivity index (χ2n) is 6.74. The topological polar surface area (TPSA) is 81.9 Å². The third kappa shape index (κ3) is 3.69. The average molecular weight is 369 g/mol. The van der Waals surface area contributed by atoms with Crippen molar-refractivity contribution in [3.8, 4) is 6.07 Å². The number of hydrogen-bond acceptors (Lipinski definition) is 5. The van der Waals surface area contributed by atoms with E-state index in [1.807, 2.05) is 6.07 Å². The molecule has 1 aliphatic heterocycles. The number of carbonyl (C=O) groups excluding carboxylic acids is 1. The number of aryl methyl sites for hydroxylation is 1. The number of carbonyl (C=O) groups is 1. The molecule has 0 aliphatic carbocycles. The lowest BCUT2D eigenvalue weighted by Gasteiger charge is -2.30. The normalized spacial score (nSPS) is 12.8. The number of benzene rings is 2. The molecule has 28 heavy (non-hydrogen) atoms. The fourth-order valence-corrected chi connectivity index (χ4v) is 3.34. The van der Waals surface area contributed by atoms with Gasteiger partial charge in [0.1, 0.15) is 17.3 Å². The highest BCUT2D eigenvalue weighted by Crippen LogP contribution is 2.23. The lowest BCUT2D eigenvalue weighted by atomic mass is 10.00. The van der Waals surface area contributed by atoms with Crippen LogP contribution in [0.4, 0.5) is 11.5 Å². The van der Waals surface area contributed by atoms with E-state index in [0.717, 1.165) is 25.3 Å². The molecule has 0 bridgehead atoms. The number of nitriles is 1. The Hall–Kier alpha value is -3.72. The van der Waals surface area contributed by atoms with Gasteiger partial charge in [0, 0.05) is 24.8 Å². The molecule has 4 rings (SSSR count). The molecule has 6 nitrogen and oxygen atoms in total. The minimum atomic E-state index is -0.297. The van der Waals surface area contributed by atoms with Crippen molar-refractivity contribution in [2.24, 2.45) is 0 Å². The SMILES string of the molecule is Cc1nc(C(=O)Nc2ccc(C#N)cc2)cc(N2CCc3ccccc3C2)n1. The van der Waals surface area contributed by atoms with E-state index >= 15 is 0 Å². The molecule has 1 aliphatic rings. The van der Waals surface area contributed by atoms with Crippen molar-refractivity contribution in [2.45, 2.75) is 19.9 Å². The smallest absolute Gasteiger partial charge is 0.274 e. The minimum absolute atomic E-state index is 0.297. The minimum Gasteiger partial charge on any atom is -0.352 e. The highest BCUT2D eigenvalue weighted by atomic mass is 16.1. The fourth-order valence-electron chi connectivity index (χ4n) is 3.34. The maximum atomic E-state index is 12.7. The van der Waals surface area contributed by atoms with E-state index in [4.69, 9.17) is 5.26 Å². The van der Waals surface area contributed by atoms with Crippen LogP contribution < -0.4 is 10.2 Å². The second-order valence-corrected chi connectivity index (χ2v) is 6.74. The van der Waals surface area contributed by atoms with Gasteiger partial charge in [0.2, 0.25) is 0 Å². The summed E-state index contributed by atoms with van der Waals surface area (Å²) in [7, 11) is 0. The van der Waals surface area contributed by atoms with Crippen LogP contribution in [-0.2, 0) is 13.0 Å². The van der Waals surface area contributed by atoms with E-state index in [1.54, 1.807) is 37.3 Å². The van der Waals surface area contributed by atoms with E-state index in [-0.39, 0.29) is 5.91 Å². The molecule has 0 saturated heterocycles. The predicted molar refractivity (Wildman–Crippen MR) is 107 cm³/mol. The van der Waals surface area contributed by atoms with Crippen LogP contribution in [0.25, 0.3) is 0 Å². The molecule has 0 saturated carbocycles. The summed E-state index contributed by atoms with van der Waals surface area (Å²) in [5.74, 6) is 1.02. The third-order valence-corrected chi connectivity index (χ3v) is 4.78. The first-order chi connectivity index (χ1) is 13.6. The van der Waals surface area contributed by atoms with Crippen molar-refractivity contribution in [3.63, 3.8) is 0 Å². The number of rotatable bonds is 3. The first kappa shape index (κ1) is 17.7. The third-order valence-electron chi connectivity index (χ3n) is 4.78. The van der Waals surface area contributed by atoms with Crippen LogP contribution in [0.3, 0.4) is 0 Å². The quantitative estimate of drug-likeness (QED) is 0.764. The van der Waals surface area contributed by atoms with Crippen molar-refractivity contribution in [1.29, 1.82) is 5.26 Å². The molecule has 2 heterocycles. The van der Waals surface area contributed by atoms with Gasteiger partial charge in [-0.3, -0.25) is 4.79 Å². The Morgan fingerprint density at radius 3 is 2.61 bits per heavy atom. The van der Waals surface area contributed by atoms with Gasteiger partial charge < -0.3 is 10.2 Å². The molecule has 0 unspecified atom stereocenters. The number of amides is 1. The summed E-state index contributed by atoms with van der Waals surface area (Å²) in [6, 6.07) is 18.9. The van der Waals surface area contributed by atoms with Gasteiger partial charge in [-0.2, -0.15) is 5.26 Å². The van der Waals surface area contributed by atoms with Crippen LogP contribution in [0, 0.1) is 18.3 Å². The largest absolute Gasteiger partial charge is 0.352 e. The molecule has 6 heteroatoms. The molecule has 2 aromatic carbocycles. The van der Waals surface area contributed by atoms with Crippen LogP contribution in [0.5, 0.6) is 0 Å². The molecule has 138 valence electrons. The molecule has 1 amide bonds. The molecule has 1 aromatic heterocycles. The van der Waals surface area contributed by atoms with Gasteiger partial charge in [-0.1, -0.05) is 24.3 Å². The number of hydrogen-bond donors (Lipinski definition) is 1. The number of fused-ring (bicyclic) bond motifs is 1. The zero-order chi connectivity index (χ0) is 19.5. The Labute approximate surface area is 163 Å². The van der Waals surface area contributed by atoms with E-state index in [1.165, 1.54) is 11.1 Å². The Balaban J connectivity index is 1.55. The zero-order valence-corrected chi connectivity index (χ0v) is 15.5. The van der Waals surface area contributed by atoms with E-state index in [0.29, 0.717) is 22.8 Å². The van der Waals surface area contributed by atoms with Crippen LogP contribution in [0.15, 0.2) is 54.6 Å². The van der Waals surface area contributed by atoms with Gasteiger partial charge in [0.15, 0.2) is 0 Å². The summed E-state index contributed by atoms with van der Waals surface area (Å²) >= 11 is 0. The molecule has 3 aromatic rings. The maximum Gasteiger partial charge on any atom is 0.274 e. The summed E-state index contributed by atoms with van der Waals surface area (Å²) < 4.78 is 0. The monoisotopic (exact) mass is 369 g/mol. The van der Waals surface area contributed by atoms with Gasteiger partial charge in [0.25, 0.3) is 5.91 Å². The molecule has 0 radical (unpaired) electrons. The van der Waals surface area contributed by atoms with Crippen molar-refractivity contribution in [1.82, 2.24) is 9.97 Å². The van der Waals surface area contributed by atoms with Crippen LogP contribution in [0.1, 0.15) is 33.0 Å². The molecule has 0 atom stereocenters. The van der Waals surface area contributed by atoms with Crippen molar-refractivity contribution in [2.75, 3.05) is 16.8 Å². The Morgan fingerprint density at radius 1 is 1.11 bits per heavy atom. The molecule has 0 fully saturated rings. The average Bonchev–Trinajstić information content (AvgIpc) is 2.73. The number of anilines is 2. The standard InChI is InChI=1S/C22H19N5O/c1-15-24-20(22(28)26-19-8-6-16(13-23)7-9-19)12-21(25-15)27-11-10-17-4-2-3-5-18(17)14-27/h2-9,12H,10-11,14H2,1H3,(H,26,28). The predicted octanol–water partition coefficient (Wildman–Crippen LogP) is 3.47. The fraction of sp³-hybridized carbons (Fsp3) is 0.182. The van der Waals surface area contributed by atoms with E-state index < -0.39 is 0 Å². The lowest BCUT2D eigenvalue weighted by Crippen LogP contribution is -2.31. The van der Waals surface area contributed by atoms with Gasteiger partial charge >= 0.3 is 0 Å². The summed E-state index contributed by atoms with van der Waals surface area (Å²) in [5, 5.41) is 11.7. The Bertz CT molecular complexity index is 1070. The van der Waals surface area contributed by atoms with Crippen LogP contribution >= 0.6 is 0 Å².